The molecule has 0 spiro atoms. The van der Waals surface area contributed by atoms with Crippen LogP contribution in [0.1, 0.15) is 34.1 Å². The molecule has 0 amide bonds. The standard InChI is InChI=1S/C15H20O4.C6H15NO3/c1-10(7-13(17)18)5-6-15(19)11(2)8-12(16)9-14(15,3)4;8-4-1-7(2-5-9)3-6-10/h5-8,19H,9H2,1-4H3,(H,17,18);8-10H,1-6H2/b6-5+,10-7-;/t15-;/m1./s1. The van der Waals surface area contributed by atoms with Crippen molar-refractivity contribution in [2.45, 2.75) is 39.7 Å². The van der Waals surface area contributed by atoms with E-state index in [9.17, 15) is 14.7 Å². The predicted molar refractivity (Wildman–Crippen MR) is 110 cm³/mol. The van der Waals surface area contributed by atoms with Gasteiger partial charge in [-0.25, -0.2) is 4.79 Å². The van der Waals surface area contributed by atoms with Crippen molar-refractivity contribution >= 4 is 11.8 Å². The second-order valence-corrected chi connectivity index (χ2v) is 7.69. The Balaban J connectivity index is 0.000000665. The van der Waals surface area contributed by atoms with Crippen LogP contribution in [0.5, 0.6) is 0 Å². The number of nitrogens with zero attached hydrogens (tertiary/aromatic N) is 1. The van der Waals surface area contributed by atoms with Gasteiger partial charge in [-0.15, -0.1) is 0 Å². The summed E-state index contributed by atoms with van der Waals surface area (Å²) in [6.07, 6.45) is 5.92. The number of carbonyl (C=O) groups excluding carboxylic acids is 1. The molecule has 8 heteroatoms. The molecule has 0 unspecified atom stereocenters. The van der Waals surface area contributed by atoms with Crippen molar-refractivity contribution in [1.82, 2.24) is 4.90 Å². The van der Waals surface area contributed by atoms with Gasteiger partial charge < -0.3 is 25.5 Å². The van der Waals surface area contributed by atoms with Crippen LogP contribution in [0, 0.1) is 5.41 Å². The predicted octanol–water partition coefficient (Wildman–Crippen LogP) is 0.515. The minimum Gasteiger partial charge on any atom is -0.478 e. The minimum absolute atomic E-state index is 0.00150. The van der Waals surface area contributed by atoms with Gasteiger partial charge in [0.1, 0.15) is 5.60 Å². The minimum atomic E-state index is -1.24. The number of carbonyl (C=O) groups is 2. The van der Waals surface area contributed by atoms with Crippen LogP contribution in [-0.4, -0.2) is 87.2 Å². The topological polar surface area (TPSA) is 139 Å². The summed E-state index contributed by atoms with van der Waals surface area (Å²) >= 11 is 0. The molecule has 0 aromatic carbocycles. The van der Waals surface area contributed by atoms with E-state index in [-0.39, 0.29) is 32.0 Å². The Morgan fingerprint density at radius 2 is 1.62 bits per heavy atom. The number of carboxylic acid groups (broad SMARTS) is 1. The maximum atomic E-state index is 11.6. The number of aliphatic hydroxyl groups is 4. The van der Waals surface area contributed by atoms with Crippen LogP contribution in [0.25, 0.3) is 0 Å². The van der Waals surface area contributed by atoms with E-state index in [0.717, 1.165) is 6.08 Å². The van der Waals surface area contributed by atoms with Gasteiger partial charge in [-0.2, -0.15) is 0 Å². The van der Waals surface area contributed by atoms with Gasteiger partial charge in [-0.1, -0.05) is 19.9 Å². The van der Waals surface area contributed by atoms with E-state index in [0.29, 0.717) is 30.8 Å². The number of hydrogen-bond donors (Lipinski definition) is 5. The van der Waals surface area contributed by atoms with Crippen LogP contribution in [0.4, 0.5) is 0 Å². The zero-order valence-electron chi connectivity index (χ0n) is 17.8. The van der Waals surface area contributed by atoms with E-state index in [2.05, 4.69) is 0 Å². The van der Waals surface area contributed by atoms with Gasteiger partial charge in [0.05, 0.1) is 19.8 Å². The van der Waals surface area contributed by atoms with Crippen molar-refractivity contribution in [3.63, 3.8) is 0 Å². The lowest BCUT2D eigenvalue weighted by atomic mass is 9.64. The van der Waals surface area contributed by atoms with Gasteiger partial charge in [-0.3, -0.25) is 9.69 Å². The number of carboxylic acids is 1. The zero-order valence-corrected chi connectivity index (χ0v) is 17.8. The van der Waals surface area contributed by atoms with Gasteiger partial charge in [0, 0.05) is 37.5 Å². The molecular weight excluding hydrogens is 378 g/mol. The normalized spacial score (nSPS) is 21.8. The fourth-order valence-corrected chi connectivity index (χ4v) is 3.12. The fraction of sp³-hybridized carbons (Fsp3) is 0.619. The monoisotopic (exact) mass is 413 g/mol. The molecular formula is C21H35NO7. The highest BCUT2D eigenvalue weighted by molar-refractivity contribution is 5.92. The summed E-state index contributed by atoms with van der Waals surface area (Å²) in [6.45, 7) is 8.75. The van der Waals surface area contributed by atoms with Crippen molar-refractivity contribution in [3.05, 3.63) is 35.5 Å². The van der Waals surface area contributed by atoms with Crippen LogP contribution < -0.4 is 0 Å². The number of aliphatic carboxylic acids is 1. The summed E-state index contributed by atoms with van der Waals surface area (Å²) in [5.74, 6) is -1.03. The quantitative estimate of drug-likeness (QED) is 0.272. The van der Waals surface area contributed by atoms with Crippen LogP contribution in [-0.2, 0) is 9.59 Å². The summed E-state index contributed by atoms with van der Waals surface area (Å²) in [5, 5.41) is 44.9. The maximum absolute atomic E-state index is 11.6. The highest BCUT2D eigenvalue weighted by atomic mass is 16.4. The average molecular weight is 414 g/mol. The third-order valence-electron chi connectivity index (χ3n) is 4.81. The van der Waals surface area contributed by atoms with Crippen molar-refractivity contribution < 1.29 is 35.1 Å². The third-order valence-corrected chi connectivity index (χ3v) is 4.81. The second-order valence-electron chi connectivity index (χ2n) is 7.69. The van der Waals surface area contributed by atoms with Crippen LogP contribution in [0.2, 0.25) is 0 Å². The second kappa shape index (κ2) is 12.7. The Bertz CT molecular complexity index is 623. The number of hydrogen-bond acceptors (Lipinski definition) is 7. The van der Waals surface area contributed by atoms with Crippen LogP contribution in [0.3, 0.4) is 0 Å². The Morgan fingerprint density at radius 3 is 2.00 bits per heavy atom. The molecule has 0 aromatic rings. The first-order chi connectivity index (χ1) is 13.4. The SMILES string of the molecule is CC1=CC(=O)CC(C)(C)[C@@]1(O)/C=C/C(C)=C\C(=O)O.OCCN(CCO)CCO. The lowest BCUT2D eigenvalue weighted by Crippen LogP contribution is -2.48. The first-order valence-corrected chi connectivity index (χ1v) is 9.53. The first-order valence-electron chi connectivity index (χ1n) is 9.53. The molecule has 0 heterocycles. The molecule has 0 aliphatic heterocycles. The number of allylic oxidation sites excluding steroid dienone is 3. The van der Waals surface area contributed by atoms with E-state index in [1.165, 1.54) is 6.08 Å². The van der Waals surface area contributed by atoms with E-state index in [1.54, 1.807) is 30.9 Å². The highest BCUT2D eigenvalue weighted by Gasteiger charge is 2.46. The van der Waals surface area contributed by atoms with Crippen molar-refractivity contribution in [2.75, 3.05) is 39.5 Å². The van der Waals surface area contributed by atoms with E-state index >= 15 is 0 Å². The Kier molecular flexibility index (Phi) is 11.9. The molecule has 1 rings (SSSR count). The van der Waals surface area contributed by atoms with Crippen molar-refractivity contribution in [2.24, 2.45) is 5.41 Å². The smallest absolute Gasteiger partial charge is 0.328 e. The molecule has 0 radical (unpaired) electrons. The summed E-state index contributed by atoms with van der Waals surface area (Å²) in [7, 11) is 0. The molecule has 0 saturated heterocycles. The van der Waals surface area contributed by atoms with Gasteiger partial charge in [0.15, 0.2) is 5.78 Å². The maximum Gasteiger partial charge on any atom is 0.328 e. The summed E-state index contributed by atoms with van der Waals surface area (Å²) in [6, 6.07) is 0. The molecule has 0 saturated carbocycles. The third kappa shape index (κ3) is 9.01. The van der Waals surface area contributed by atoms with E-state index < -0.39 is 17.0 Å². The lowest BCUT2D eigenvalue weighted by Gasteiger charge is -2.43. The number of ketones is 1. The number of rotatable bonds is 9. The fourth-order valence-electron chi connectivity index (χ4n) is 3.12. The molecule has 1 aliphatic carbocycles. The summed E-state index contributed by atoms with van der Waals surface area (Å²) in [5.41, 5.74) is -0.758. The molecule has 0 fully saturated rings. The van der Waals surface area contributed by atoms with E-state index in [1.807, 2.05) is 13.8 Å². The molecule has 0 bridgehead atoms. The molecule has 1 atom stereocenters. The molecule has 29 heavy (non-hydrogen) atoms. The van der Waals surface area contributed by atoms with Crippen molar-refractivity contribution in [1.29, 1.82) is 0 Å². The van der Waals surface area contributed by atoms with Crippen LogP contribution in [0.15, 0.2) is 35.5 Å². The lowest BCUT2D eigenvalue weighted by molar-refractivity contribution is -0.131. The van der Waals surface area contributed by atoms with Crippen LogP contribution >= 0.6 is 0 Å². The zero-order chi connectivity index (χ0) is 22.7. The Hall–Kier alpha value is -1.84. The van der Waals surface area contributed by atoms with Gasteiger partial charge in [0.2, 0.25) is 0 Å². The number of aliphatic hydroxyl groups excluding tert-OH is 3. The summed E-state index contributed by atoms with van der Waals surface area (Å²) in [4.78, 5) is 23.9. The summed E-state index contributed by atoms with van der Waals surface area (Å²) < 4.78 is 0. The molecule has 0 aromatic heterocycles. The van der Waals surface area contributed by atoms with E-state index in [4.69, 9.17) is 20.4 Å². The molecule has 5 N–H and O–H groups in total. The molecule has 8 nitrogen and oxygen atoms in total. The molecule has 166 valence electrons. The van der Waals surface area contributed by atoms with Gasteiger partial charge in [-0.05, 0) is 37.1 Å². The average Bonchev–Trinajstić information content (AvgIpc) is 2.58. The first kappa shape index (κ1) is 27.2. The Labute approximate surface area is 172 Å². The Morgan fingerprint density at radius 1 is 1.14 bits per heavy atom. The largest absolute Gasteiger partial charge is 0.478 e. The highest BCUT2D eigenvalue weighted by Crippen LogP contribution is 2.44. The van der Waals surface area contributed by atoms with Gasteiger partial charge in [0.25, 0.3) is 0 Å². The molecule has 1 aliphatic rings. The van der Waals surface area contributed by atoms with Gasteiger partial charge >= 0.3 is 5.97 Å². The van der Waals surface area contributed by atoms with Crippen molar-refractivity contribution in [3.8, 4) is 0 Å².